The van der Waals surface area contributed by atoms with Gasteiger partial charge in [0.05, 0.1) is 0 Å². The second-order valence-electron chi connectivity index (χ2n) is 4.84. The van der Waals surface area contributed by atoms with Gasteiger partial charge >= 0.3 is 0 Å². The van der Waals surface area contributed by atoms with Crippen LogP contribution in [0.3, 0.4) is 0 Å². The van der Waals surface area contributed by atoms with E-state index in [4.69, 9.17) is 10.5 Å². The molecule has 21 heavy (non-hydrogen) atoms. The number of benzene rings is 2. The van der Waals surface area contributed by atoms with E-state index in [1.807, 2.05) is 37.4 Å². The molecule has 0 aliphatic carbocycles. The van der Waals surface area contributed by atoms with Crippen molar-refractivity contribution in [1.82, 2.24) is 0 Å². The van der Waals surface area contributed by atoms with Crippen LogP contribution in [-0.4, -0.2) is 12.3 Å². The summed E-state index contributed by atoms with van der Waals surface area (Å²) >= 11 is 1.60. The van der Waals surface area contributed by atoms with Gasteiger partial charge in [-0.05, 0) is 43.4 Å². The standard InChI is InChI=1S/C17H20FNOS/c1-3-12(19)11-13-14(18)7-6-9-15(13)20-16-8-4-5-10-17(16)21-2/h4-10,12H,3,11,19H2,1-2H3. The molecule has 0 amide bonds. The van der Waals surface area contributed by atoms with Crippen molar-refractivity contribution >= 4 is 11.8 Å². The molecule has 0 aliphatic rings. The first-order valence-electron chi connectivity index (χ1n) is 6.99. The summed E-state index contributed by atoms with van der Waals surface area (Å²) in [6, 6.07) is 12.6. The molecular weight excluding hydrogens is 285 g/mol. The maximum absolute atomic E-state index is 14.1. The molecule has 1 atom stereocenters. The monoisotopic (exact) mass is 305 g/mol. The number of ether oxygens (including phenoxy) is 1. The SMILES string of the molecule is CCC(N)Cc1c(F)cccc1Oc1ccccc1SC. The van der Waals surface area contributed by atoms with Gasteiger partial charge < -0.3 is 10.5 Å². The highest BCUT2D eigenvalue weighted by Crippen LogP contribution is 2.34. The van der Waals surface area contributed by atoms with E-state index < -0.39 is 0 Å². The van der Waals surface area contributed by atoms with Crippen molar-refractivity contribution in [3.8, 4) is 11.5 Å². The topological polar surface area (TPSA) is 35.2 Å². The lowest BCUT2D eigenvalue weighted by atomic mass is 10.0. The lowest BCUT2D eigenvalue weighted by Crippen LogP contribution is -2.22. The largest absolute Gasteiger partial charge is 0.456 e. The normalized spacial score (nSPS) is 12.2. The third-order valence-corrected chi connectivity index (χ3v) is 4.13. The van der Waals surface area contributed by atoms with Crippen LogP contribution in [0.25, 0.3) is 0 Å². The molecular formula is C17H20FNOS. The van der Waals surface area contributed by atoms with Gasteiger partial charge in [0.2, 0.25) is 0 Å². The van der Waals surface area contributed by atoms with Gasteiger partial charge in [-0.1, -0.05) is 25.1 Å². The van der Waals surface area contributed by atoms with Crippen molar-refractivity contribution in [3.05, 3.63) is 53.8 Å². The third kappa shape index (κ3) is 3.99. The van der Waals surface area contributed by atoms with Gasteiger partial charge in [-0.3, -0.25) is 0 Å². The predicted molar refractivity (Wildman–Crippen MR) is 86.7 cm³/mol. The average molecular weight is 305 g/mol. The molecule has 0 spiro atoms. The summed E-state index contributed by atoms with van der Waals surface area (Å²) in [4.78, 5) is 1.02. The average Bonchev–Trinajstić information content (AvgIpc) is 2.51. The minimum absolute atomic E-state index is 0.0694. The van der Waals surface area contributed by atoms with Crippen molar-refractivity contribution in [1.29, 1.82) is 0 Å². The quantitative estimate of drug-likeness (QED) is 0.791. The molecule has 0 aliphatic heterocycles. The van der Waals surface area contributed by atoms with E-state index in [1.54, 1.807) is 23.9 Å². The molecule has 0 radical (unpaired) electrons. The molecule has 0 fully saturated rings. The zero-order valence-electron chi connectivity index (χ0n) is 12.3. The summed E-state index contributed by atoms with van der Waals surface area (Å²) in [5.41, 5.74) is 6.51. The Morgan fingerprint density at radius 3 is 2.57 bits per heavy atom. The first kappa shape index (κ1) is 15.9. The molecule has 2 nitrogen and oxygen atoms in total. The van der Waals surface area contributed by atoms with Gasteiger partial charge in [0, 0.05) is 16.5 Å². The minimum Gasteiger partial charge on any atom is -0.456 e. The number of nitrogens with two attached hydrogens (primary N) is 1. The van der Waals surface area contributed by atoms with Gasteiger partial charge in [0.1, 0.15) is 17.3 Å². The Morgan fingerprint density at radius 2 is 1.86 bits per heavy atom. The lowest BCUT2D eigenvalue weighted by Gasteiger charge is -2.16. The van der Waals surface area contributed by atoms with E-state index in [0.717, 1.165) is 17.1 Å². The molecule has 112 valence electrons. The molecule has 1 unspecified atom stereocenters. The second-order valence-corrected chi connectivity index (χ2v) is 5.69. The van der Waals surface area contributed by atoms with E-state index in [9.17, 15) is 4.39 Å². The molecule has 0 heterocycles. The van der Waals surface area contributed by atoms with Gasteiger partial charge in [-0.15, -0.1) is 11.8 Å². The zero-order chi connectivity index (χ0) is 15.2. The van der Waals surface area contributed by atoms with Crippen LogP contribution in [0.5, 0.6) is 11.5 Å². The van der Waals surface area contributed by atoms with Gasteiger partial charge in [-0.2, -0.15) is 0 Å². The van der Waals surface area contributed by atoms with Crippen LogP contribution in [0.4, 0.5) is 4.39 Å². The Kier molecular flexibility index (Phi) is 5.65. The van der Waals surface area contributed by atoms with Crippen molar-refractivity contribution < 1.29 is 9.13 Å². The van der Waals surface area contributed by atoms with Crippen LogP contribution >= 0.6 is 11.8 Å². The maximum Gasteiger partial charge on any atom is 0.140 e. The Bertz CT molecular complexity index is 603. The molecule has 2 aromatic rings. The van der Waals surface area contributed by atoms with Crippen LogP contribution in [0.15, 0.2) is 47.4 Å². The highest BCUT2D eigenvalue weighted by molar-refractivity contribution is 7.98. The Balaban J connectivity index is 2.33. The number of hydrogen-bond acceptors (Lipinski definition) is 3. The van der Waals surface area contributed by atoms with Crippen molar-refractivity contribution in [2.24, 2.45) is 5.73 Å². The molecule has 2 rings (SSSR count). The number of halogens is 1. The van der Waals surface area contributed by atoms with Crippen LogP contribution in [0.2, 0.25) is 0 Å². The summed E-state index contributed by atoms with van der Waals surface area (Å²) in [7, 11) is 0. The van der Waals surface area contributed by atoms with E-state index in [2.05, 4.69) is 0 Å². The fourth-order valence-corrected chi connectivity index (χ4v) is 2.59. The van der Waals surface area contributed by atoms with Crippen LogP contribution in [0.1, 0.15) is 18.9 Å². The van der Waals surface area contributed by atoms with Crippen molar-refractivity contribution in [3.63, 3.8) is 0 Å². The Labute approximate surface area is 129 Å². The van der Waals surface area contributed by atoms with Crippen LogP contribution in [-0.2, 0) is 6.42 Å². The Morgan fingerprint density at radius 1 is 1.14 bits per heavy atom. The van der Waals surface area contributed by atoms with Crippen molar-refractivity contribution in [2.75, 3.05) is 6.26 Å². The smallest absolute Gasteiger partial charge is 0.140 e. The first-order valence-corrected chi connectivity index (χ1v) is 8.22. The Hall–Kier alpha value is -1.52. The molecule has 0 bridgehead atoms. The number of thioether (sulfide) groups is 1. The van der Waals surface area contributed by atoms with Gasteiger partial charge in [0.15, 0.2) is 0 Å². The molecule has 0 saturated heterocycles. The lowest BCUT2D eigenvalue weighted by molar-refractivity contribution is 0.452. The van der Waals surface area contributed by atoms with E-state index in [-0.39, 0.29) is 11.9 Å². The summed E-state index contributed by atoms with van der Waals surface area (Å²) in [6.07, 6.45) is 3.26. The summed E-state index contributed by atoms with van der Waals surface area (Å²) in [5, 5.41) is 0. The highest BCUT2D eigenvalue weighted by atomic mass is 32.2. The van der Waals surface area contributed by atoms with E-state index >= 15 is 0 Å². The maximum atomic E-state index is 14.1. The van der Waals surface area contributed by atoms with Gasteiger partial charge in [0.25, 0.3) is 0 Å². The van der Waals surface area contributed by atoms with E-state index in [0.29, 0.717) is 17.7 Å². The first-order chi connectivity index (χ1) is 10.2. The second kappa shape index (κ2) is 7.48. The van der Waals surface area contributed by atoms with Crippen LogP contribution < -0.4 is 10.5 Å². The molecule has 0 aromatic heterocycles. The molecule has 2 aromatic carbocycles. The van der Waals surface area contributed by atoms with Crippen LogP contribution in [0, 0.1) is 5.82 Å². The highest BCUT2D eigenvalue weighted by Gasteiger charge is 2.14. The number of hydrogen-bond donors (Lipinski definition) is 1. The fourth-order valence-electron chi connectivity index (χ4n) is 2.06. The molecule has 4 heteroatoms. The fraction of sp³-hybridized carbons (Fsp3) is 0.294. The summed E-state index contributed by atoms with van der Waals surface area (Å²) in [5.74, 6) is 1.01. The van der Waals surface area contributed by atoms with E-state index in [1.165, 1.54) is 6.07 Å². The summed E-state index contributed by atoms with van der Waals surface area (Å²) in [6.45, 7) is 2.00. The predicted octanol–water partition coefficient (Wildman–Crippen LogP) is 4.62. The zero-order valence-corrected chi connectivity index (χ0v) is 13.1. The number of para-hydroxylation sites is 1. The minimum atomic E-state index is -0.266. The summed E-state index contributed by atoms with van der Waals surface area (Å²) < 4.78 is 20.0. The third-order valence-electron chi connectivity index (χ3n) is 3.36. The van der Waals surface area contributed by atoms with Crippen molar-refractivity contribution in [2.45, 2.75) is 30.7 Å². The number of rotatable bonds is 6. The molecule has 0 saturated carbocycles. The molecule has 2 N–H and O–H groups in total. The van der Waals surface area contributed by atoms with Gasteiger partial charge in [-0.25, -0.2) is 4.39 Å².